The van der Waals surface area contributed by atoms with E-state index in [0.717, 1.165) is 41.6 Å². The predicted octanol–water partition coefficient (Wildman–Crippen LogP) is 2.98. The van der Waals surface area contributed by atoms with Crippen LogP contribution in [0.2, 0.25) is 0 Å². The van der Waals surface area contributed by atoms with Crippen LogP contribution in [0.15, 0.2) is 22.8 Å². The average Bonchev–Trinajstić information content (AvgIpc) is 3.04. The van der Waals surface area contributed by atoms with E-state index in [9.17, 15) is 0 Å². The fourth-order valence-corrected chi connectivity index (χ4v) is 2.54. The summed E-state index contributed by atoms with van der Waals surface area (Å²) in [5.41, 5.74) is 0. The van der Waals surface area contributed by atoms with Gasteiger partial charge >= 0.3 is 0 Å². The first-order chi connectivity index (χ1) is 8.79. The zero-order valence-corrected chi connectivity index (χ0v) is 11.7. The van der Waals surface area contributed by atoms with Crippen LogP contribution in [0.3, 0.4) is 0 Å². The molecule has 18 heavy (non-hydrogen) atoms. The van der Waals surface area contributed by atoms with E-state index in [0.29, 0.717) is 6.04 Å². The molecule has 0 saturated heterocycles. The summed E-state index contributed by atoms with van der Waals surface area (Å²) in [4.78, 5) is 0. The standard InChI is InChI=1S/C13H19N3OS/c1-3-8-14-10(2)13-16-15-12(18-13)7-6-11-5-4-9-17-11/h4-5,9-10,14H,3,6-8H2,1-2H3. The maximum absolute atomic E-state index is 5.31. The Morgan fingerprint density at radius 3 is 3.00 bits per heavy atom. The van der Waals surface area contributed by atoms with Crippen LogP contribution < -0.4 is 5.32 Å². The SMILES string of the molecule is CCCNC(C)c1nnc(CCc2ccco2)s1. The molecule has 0 saturated carbocycles. The Morgan fingerprint density at radius 1 is 1.39 bits per heavy atom. The Bertz CT molecular complexity index is 453. The molecule has 0 spiro atoms. The second kappa shape index (κ2) is 6.66. The summed E-state index contributed by atoms with van der Waals surface area (Å²) in [6, 6.07) is 4.20. The number of hydrogen-bond acceptors (Lipinski definition) is 5. The van der Waals surface area contributed by atoms with Crippen LogP contribution in [0.25, 0.3) is 0 Å². The molecule has 2 aromatic heterocycles. The van der Waals surface area contributed by atoms with Crippen molar-refractivity contribution < 1.29 is 4.42 Å². The third-order valence-corrected chi connectivity index (χ3v) is 3.88. The maximum Gasteiger partial charge on any atom is 0.134 e. The molecule has 0 fully saturated rings. The first kappa shape index (κ1) is 13.2. The molecule has 0 radical (unpaired) electrons. The van der Waals surface area contributed by atoms with Crippen molar-refractivity contribution in [2.24, 2.45) is 0 Å². The van der Waals surface area contributed by atoms with E-state index < -0.39 is 0 Å². The van der Waals surface area contributed by atoms with Crippen molar-refractivity contribution in [1.29, 1.82) is 0 Å². The van der Waals surface area contributed by atoms with E-state index in [1.54, 1.807) is 17.6 Å². The minimum absolute atomic E-state index is 0.291. The molecule has 4 nitrogen and oxygen atoms in total. The molecule has 5 heteroatoms. The van der Waals surface area contributed by atoms with E-state index in [1.807, 2.05) is 12.1 Å². The van der Waals surface area contributed by atoms with Gasteiger partial charge in [-0.15, -0.1) is 10.2 Å². The van der Waals surface area contributed by atoms with Crippen LogP contribution in [-0.2, 0) is 12.8 Å². The van der Waals surface area contributed by atoms with Crippen LogP contribution in [0.4, 0.5) is 0 Å². The van der Waals surface area contributed by atoms with Crippen molar-refractivity contribution in [3.05, 3.63) is 34.2 Å². The normalized spacial score (nSPS) is 12.8. The number of nitrogens with zero attached hydrogens (tertiary/aromatic N) is 2. The van der Waals surface area contributed by atoms with Gasteiger partial charge in [-0.25, -0.2) is 0 Å². The van der Waals surface area contributed by atoms with Crippen LogP contribution in [-0.4, -0.2) is 16.7 Å². The zero-order chi connectivity index (χ0) is 12.8. The molecule has 2 rings (SSSR count). The van der Waals surface area contributed by atoms with Crippen molar-refractivity contribution in [3.8, 4) is 0 Å². The maximum atomic E-state index is 5.31. The van der Waals surface area contributed by atoms with Crippen molar-refractivity contribution >= 4 is 11.3 Å². The topological polar surface area (TPSA) is 51.0 Å². The summed E-state index contributed by atoms with van der Waals surface area (Å²) in [5.74, 6) is 1.00. The molecule has 2 aromatic rings. The number of furan rings is 1. The smallest absolute Gasteiger partial charge is 0.134 e. The lowest BCUT2D eigenvalue weighted by Gasteiger charge is -2.08. The fourth-order valence-electron chi connectivity index (χ4n) is 1.68. The summed E-state index contributed by atoms with van der Waals surface area (Å²) in [6.45, 7) is 5.31. The predicted molar refractivity (Wildman–Crippen MR) is 72.7 cm³/mol. The van der Waals surface area contributed by atoms with Crippen LogP contribution in [0.5, 0.6) is 0 Å². The molecular weight excluding hydrogens is 246 g/mol. The summed E-state index contributed by atoms with van der Waals surface area (Å²) in [6.07, 6.45) is 4.62. The summed E-state index contributed by atoms with van der Waals surface area (Å²) < 4.78 is 5.31. The Hall–Kier alpha value is -1.20. The van der Waals surface area contributed by atoms with E-state index in [-0.39, 0.29) is 0 Å². The largest absolute Gasteiger partial charge is 0.469 e. The van der Waals surface area contributed by atoms with Crippen LogP contribution >= 0.6 is 11.3 Å². The van der Waals surface area contributed by atoms with Crippen LogP contribution in [0.1, 0.15) is 42.1 Å². The molecule has 0 amide bonds. The monoisotopic (exact) mass is 265 g/mol. The number of hydrogen-bond donors (Lipinski definition) is 1. The van der Waals surface area contributed by atoms with Gasteiger partial charge in [0.25, 0.3) is 0 Å². The number of rotatable bonds is 7. The van der Waals surface area contributed by atoms with Crippen molar-refractivity contribution in [2.45, 2.75) is 39.2 Å². The van der Waals surface area contributed by atoms with Gasteiger partial charge in [0, 0.05) is 12.8 Å². The summed E-state index contributed by atoms with van der Waals surface area (Å²) in [7, 11) is 0. The third-order valence-electron chi connectivity index (χ3n) is 2.72. The van der Waals surface area contributed by atoms with Crippen molar-refractivity contribution in [1.82, 2.24) is 15.5 Å². The molecule has 0 aliphatic heterocycles. The lowest BCUT2D eigenvalue weighted by molar-refractivity contribution is 0.508. The van der Waals surface area contributed by atoms with Crippen molar-refractivity contribution in [2.75, 3.05) is 6.54 Å². The molecule has 98 valence electrons. The van der Waals surface area contributed by atoms with E-state index >= 15 is 0 Å². The first-order valence-electron chi connectivity index (χ1n) is 6.37. The Labute approximate surface area is 111 Å². The fraction of sp³-hybridized carbons (Fsp3) is 0.538. The van der Waals surface area contributed by atoms with Gasteiger partial charge < -0.3 is 9.73 Å². The highest BCUT2D eigenvalue weighted by Crippen LogP contribution is 2.19. The van der Waals surface area contributed by atoms with Gasteiger partial charge in [0.15, 0.2) is 0 Å². The molecular formula is C13H19N3OS. The molecule has 0 aliphatic carbocycles. The highest BCUT2D eigenvalue weighted by atomic mass is 32.1. The van der Waals surface area contributed by atoms with E-state index in [2.05, 4.69) is 29.4 Å². The summed E-state index contributed by atoms with van der Waals surface area (Å²) in [5, 5.41) is 14.0. The van der Waals surface area contributed by atoms with Gasteiger partial charge in [-0.2, -0.15) is 0 Å². The quantitative estimate of drug-likeness (QED) is 0.836. The van der Waals surface area contributed by atoms with Gasteiger partial charge in [0.1, 0.15) is 15.8 Å². The van der Waals surface area contributed by atoms with Gasteiger partial charge in [0.05, 0.1) is 12.3 Å². The highest BCUT2D eigenvalue weighted by molar-refractivity contribution is 7.11. The van der Waals surface area contributed by atoms with Gasteiger partial charge in [-0.3, -0.25) is 0 Å². The Balaban J connectivity index is 1.85. The lowest BCUT2D eigenvalue weighted by Crippen LogP contribution is -2.18. The molecule has 0 aliphatic rings. The number of nitrogens with one attached hydrogen (secondary N) is 1. The lowest BCUT2D eigenvalue weighted by atomic mass is 10.2. The molecule has 0 aromatic carbocycles. The number of aryl methyl sites for hydroxylation is 2. The Morgan fingerprint density at radius 2 is 2.28 bits per heavy atom. The second-order valence-electron chi connectivity index (χ2n) is 4.29. The van der Waals surface area contributed by atoms with Gasteiger partial charge in [-0.1, -0.05) is 18.3 Å². The molecule has 1 atom stereocenters. The molecule has 2 heterocycles. The first-order valence-corrected chi connectivity index (χ1v) is 7.19. The van der Waals surface area contributed by atoms with Gasteiger partial charge in [0.2, 0.25) is 0 Å². The Kier molecular flexibility index (Phi) is 4.90. The van der Waals surface area contributed by atoms with Crippen molar-refractivity contribution in [3.63, 3.8) is 0 Å². The minimum atomic E-state index is 0.291. The minimum Gasteiger partial charge on any atom is -0.469 e. The highest BCUT2D eigenvalue weighted by Gasteiger charge is 2.11. The van der Waals surface area contributed by atoms with Crippen LogP contribution in [0, 0.1) is 0 Å². The van der Waals surface area contributed by atoms with Gasteiger partial charge in [-0.05, 0) is 32.0 Å². The summed E-state index contributed by atoms with van der Waals surface area (Å²) >= 11 is 1.69. The van der Waals surface area contributed by atoms with E-state index in [1.165, 1.54) is 0 Å². The molecule has 1 N–H and O–H groups in total. The number of aromatic nitrogens is 2. The third kappa shape index (κ3) is 3.65. The second-order valence-corrected chi connectivity index (χ2v) is 5.38. The van der Waals surface area contributed by atoms with E-state index in [4.69, 9.17) is 4.42 Å². The average molecular weight is 265 g/mol. The zero-order valence-electron chi connectivity index (χ0n) is 10.8. The molecule has 1 unspecified atom stereocenters. The molecule has 0 bridgehead atoms.